The Balaban J connectivity index is 2.49. The molecule has 0 heterocycles. The molecule has 0 aliphatic carbocycles. The zero-order chi connectivity index (χ0) is 15.6. The van der Waals surface area contributed by atoms with Crippen LogP contribution in [0.15, 0.2) is 36.4 Å². The topological polar surface area (TPSA) is 40.9 Å². The summed E-state index contributed by atoms with van der Waals surface area (Å²) in [4.78, 5) is 12.4. The molecule has 2 aromatic rings. The largest absolute Gasteiger partial charge is 0.292 e. The lowest BCUT2D eigenvalue weighted by Gasteiger charge is -2.12. The molecule has 0 fully saturated rings. The van der Waals surface area contributed by atoms with Crippen molar-refractivity contribution >= 4 is 29.0 Å². The van der Waals surface area contributed by atoms with Gasteiger partial charge in [0.15, 0.2) is 5.78 Å². The smallest absolute Gasteiger partial charge is 0.186 e. The molecule has 2 rings (SSSR count). The van der Waals surface area contributed by atoms with E-state index in [-0.39, 0.29) is 21.2 Å². The summed E-state index contributed by atoms with van der Waals surface area (Å²) in [5.74, 6) is -3.34. The zero-order valence-corrected chi connectivity index (χ0v) is 11.9. The predicted octanol–water partition coefficient (Wildman–Crippen LogP) is 4.76. The van der Waals surface area contributed by atoms with Crippen LogP contribution in [0.2, 0.25) is 10.0 Å². The number of benzene rings is 2. The predicted molar refractivity (Wildman–Crippen MR) is 75.5 cm³/mol. The van der Waals surface area contributed by atoms with Gasteiger partial charge in [-0.25, -0.2) is 8.78 Å². The highest BCUT2D eigenvalue weighted by atomic mass is 35.5. The van der Waals surface area contributed by atoms with Gasteiger partial charge in [-0.1, -0.05) is 35.3 Å². The van der Waals surface area contributed by atoms with Crippen molar-refractivity contribution in [2.75, 3.05) is 0 Å². The minimum Gasteiger partial charge on any atom is -0.292 e. The van der Waals surface area contributed by atoms with Gasteiger partial charge in [0.25, 0.3) is 0 Å². The first-order chi connectivity index (χ1) is 9.95. The van der Waals surface area contributed by atoms with E-state index in [1.165, 1.54) is 18.2 Å². The molecule has 0 N–H and O–H groups in total. The first-order valence-corrected chi connectivity index (χ1v) is 6.54. The van der Waals surface area contributed by atoms with Crippen LogP contribution in [0.5, 0.6) is 0 Å². The van der Waals surface area contributed by atoms with Crippen LogP contribution in [-0.4, -0.2) is 5.78 Å². The van der Waals surface area contributed by atoms with Crippen LogP contribution < -0.4 is 0 Å². The summed E-state index contributed by atoms with van der Waals surface area (Å²) in [6.45, 7) is 0. The van der Waals surface area contributed by atoms with Gasteiger partial charge in [-0.2, -0.15) is 5.26 Å². The summed E-state index contributed by atoms with van der Waals surface area (Å²) in [5, 5.41) is 8.79. The van der Waals surface area contributed by atoms with Gasteiger partial charge in [0.2, 0.25) is 0 Å². The average Bonchev–Trinajstić information content (AvgIpc) is 2.44. The molecule has 0 bridgehead atoms. The highest BCUT2D eigenvalue weighted by Crippen LogP contribution is 2.30. The Bertz CT molecular complexity index is 756. The van der Waals surface area contributed by atoms with Crippen molar-refractivity contribution in [3.63, 3.8) is 0 Å². The third-order valence-corrected chi connectivity index (χ3v) is 3.59. The Hall–Kier alpha value is -1.96. The second-order valence-corrected chi connectivity index (χ2v) is 4.98. The highest BCUT2D eigenvalue weighted by Gasteiger charge is 2.26. The Morgan fingerprint density at radius 3 is 2.52 bits per heavy atom. The van der Waals surface area contributed by atoms with Crippen molar-refractivity contribution in [1.29, 1.82) is 5.26 Å². The van der Waals surface area contributed by atoms with E-state index in [1.807, 2.05) is 0 Å². The minimum absolute atomic E-state index is 0.0533. The summed E-state index contributed by atoms with van der Waals surface area (Å²) >= 11 is 11.6. The molecule has 0 aromatic heterocycles. The van der Waals surface area contributed by atoms with Crippen LogP contribution in [0.3, 0.4) is 0 Å². The number of carbonyl (C=O) groups excluding carboxylic acids is 1. The Kier molecular flexibility index (Phi) is 4.56. The van der Waals surface area contributed by atoms with Crippen LogP contribution in [0.25, 0.3) is 0 Å². The van der Waals surface area contributed by atoms with Crippen LogP contribution >= 0.6 is 23.2 Å². The van der Waals surface area contributed by atoms with Crippen molar-refractivity contribution in [2.45, 2.75) is 5.92 Å². The number of hydrogen-bond donors (Lipinski definition) is 0. The van der Waals surface area contributed by atoms with Crippen molar-refractivity contribution in [3.05, 3.63) is 69.2 Å². The maximum absolute atomic E-state index is 13.4. The monoisotopic (exact) mass is 325 g/mol. The van der Waals surface area contributed by atoms with Gasteiger partial charge in [-0.15, -0.1) is 0 Å². The Labute approximate surface area is 129 Å². The van der Waals surface area contributed by atoms with E-state index in [0.29, 0.717) is 0 Å². The second kappa shape index (κ2) is 6.21. The lowest BCUT2D eigenvalue weighted by molar-refractivity contribution is 0.0978. The van der Waals surface area contributed by atoms with Crippen LogP contribution in [0, 0.1) is 23.0 Å². The molecule has 0 amide bonds. The molecular weight excluding hydrogens is 319 g/mol. The van der Waals surface area contributed by atoms with Gasteiger partial charge in [0.05, 0.1) is 11.1 Å². The Morgan fingerprint density at radius 2 is 1.90 bits per heavy atom. The molecule has 1 unspecified atom stereocenters. The van der Waals surface area contributed by atoms with E-state index in [0.717, 1.165) is 18.2 Å². The van der Waals surface area contributed by atoms with Crippen molar-refractivity contribution < 1.29 is 13.6 Å². The molecule has 0 saturated carbocycles. The molecule has 21 heavy (non-hydrogen) atoms. The number of rotatable bonds is 3. The molecule has 106 valence electrons. The van der Waals surface area contributed by atoms with Crippen molar-refractivity contribution in [2.24, 2.45) is 0 Å². The number of hydrogen-bond acceptors (Lipinski definition) is 2. The first kappa shape index (κ1) is 15.4. The summed E-state index contributed by atoms with van der Waals surface area (Å²) in [7, 11) is 0. The quantitative estimate of drug-likeness (QED) is 0.763. The van der Waals surface area contributed by atoms with Gasteiger partial charge in [0, 0.05) is 10.6 Å². The average molecular weight is 326 g/mol. The maximum Gasteiger partial charge on any atom is 0.186 e. The summed E-state index contributed by atoms with van der Waals surface area (Å²) in [6, 6.07) is 8.86. The van der Waals surface area contributed by atoms with Gasteiger partial charge in [-0.3, -0.25) is 4.79 Å². The molecular formula is C15H7Cl2F2NO. The molecule has 0 aliphatic rings. The fourth-order valence-corrected chi connectivity index (χ4v) is 2.35. The van der Waals surface area contributed by atoms with E-state index in [4.69, 9.17) is 23.2 Å². The van der Waals surface area contributed by atoms with Gasteiger partial charge >= 0.3 is 0 Å². The van der Waals surface area contributed by atoms with Gasteiger partial charge < -0.3 is 0 Å². The van der Waals surface area contributed by atoms with E-state index >= 15 is 0 Å². The normalized spacial score (nSPS) is 11.8. The van der Waals surface area contributed by atoms with Crippen molar-refractivity contribution in [1.82, 2.24) is 0 Å². The van der Waals surface area contributed by atoms with Crippen molar-refractivity contribution in [3.8, 4) is 6.07 Å². The number of nitriles is 1. The second-order valence-electron chi connectivity index (χ2n) is 4.19. The number of nitrogens with zero attached hydrogens (tertiary/aromatic N) is 1. The number of carbonyl (C=O) groups is 1. The molecule has 0 radical (unpaired) electrons. The van der Waals surface area contributed by atoms with E-state index < -0.39 is 23.3 Å². The minimum atomic E-state index is -1.29. The number of ketones is 1. The Morgan fingerprint density at radius 1 is 1.19 bits per heavy atom. The summed E-state index contributed by atoms with van der Waals surface area (Å²) in [6.07, 6.45) is 0. The van der Waals surface area contributed by atoms with Gasteiger partial charge in [0.1, 0.15) is 17.6 Å². The summed E-state index contributed by atoms with van der Waals surface area (Å²) in [5.41, 5.74) is 0.0227. The third kappa shape index (κ3) is 3.05. The van der Waals surface area contributed by atoms with Crippen LogP contribution in [0.4, 0.5) is 8.78 Å². The lowest BCUT2D eigenvalue weighted by Crippen LogP contribution is -2.13. The fraction of sp³-hybridized carbons (Fsp3) is 0.0667. The molecule has 0 aliphatic heterocycles. The van der Waals surface area contributed by atoms with E-state index in [2.05, 4.69) is 0 Å². The lowest BCUT2D eigenvalue weighted by atomic mass is 9.91. The van der Waals surface area contributed by atoms with Gasteiger partial charge in [-0.05, 0) is 29.8 Å². The third-order valence-electron chi connectivity index (χ3n) is 2.88. The zero-order valence-electron chi connectivity index (χ0n) is 10.4. The molecule has 1 atom stereocenters. The molecule has 0 spiro atoms. The standard InChI is InChI=1S/C15H7Cl2F2NO/c16-12-6-8(18)4-5-9(12)11(7-20)15(21)10-2-1-3-13(19)14(10)17/h1-6,11H. The van der Waals surface area contributed by atoms with Crippen LogP contribution in [-0.2, 0) is 0 Å². The molecule has 6 heteroatoms. The number of Topliss-reactive ketones (excluding diaryl/α,β-unsaturated/α-hetero) is 1. The maximum atomic E-state index is 13.4. The van der Waals surface area contributed by atoms with Crippen LogP contribution in [0.1, 0.15) is 21.8 Å². The molecule has 0 saturated heterocycles. The fourth-order valence-electron chi connectivity index (χ4n) is 1.85. The van der Waals surface area contributed by atoms with E-state index in [1.54, 1.807) is 6.07 Å². The first-order valence-electron chi connectivity index (χ1n) is 5.78. The summed E-state index contributed by atoms with van der Waals surface area (Å²) < 4.78 is 26.4. The molecule has 2 nitrogen and oxygen atoms in total. The molecule has 2 aromatic carbocycles. The highest BCUT2D eigenvalue weighted by molar-refractivity contribution is 6.35. The number of halogens is 4. The van der Waals surface area contributed by atoms with E-state index in [9.17, 15) is 18.8 Å². The SMILES string of the molecule is N#CC(C(=O)c1cccc(F)c1Cl)c1ccc(F)cc1Cl.